The number of rotatable bonds is 3. The minimum absolute atomic E-state index is 0.250. The van der Waals surface area contributed by atoms with Crippen molar-refractivity contribution in [3.63, 3.8) is 0 Å². The van der Waals surface area contributed by atoms with Crippen LogP contribution in [0.4, 0.5) is 0 Å². The highest BCUT2D eigenvalue weighted by Crippen LogP contribution is 2.19. The molecule has 0 amide bonds. The van der Waals surface area contributed by atoms with Gasteiger partial charge in [0, 0.05) is 12.6 Å². The van der Waals surface area contributed by atoms with E-state index in [-0.39, 0.29) is 11.8 Å². The normalized spacial score (nSPS) is 13.2. The monoisotopic (exact) mass is 220 g/mol. The predicted molar refractivity (Wildman–Crippen MR) is 63.6 cm³/mol. The molecule has 1 aromatic carbocycles. The van der Waals surface area contributed by atoms with E-state index < -0.39 is 0 Å². The summed E-state index contributed by atoms with van der Waals surface area (Å²) in [4.78, 5) is 11.5. The molecule has 86 valence electrons. The number of aromatic nitrogens is 1. The molecule has 0 aliphatic rings. The second-order valence-corrected chi connectivity index (χ2v) is 3.85. The lowest BCUT2D eigenvalue weighted by Crippen LogP contribution is -2.12. The van der Waals surface area contributed by atoms with Crippen LogP contribution in [0.1, 0.15) is 25.5 Å². The highest BCUT2D eigenvalue weighted by molar-refractivity contribution is 5.73. The summed E-state index contributed by atoms with van der Waals surface area (Å²) in [5, 5.41) is 3.15. The van der Waals surface area contributed by atoms with Gasteiger partial charge in [0.25, 0.3) is 0 Å². The molecular formula is C12H16N2O2. The molecule has 1 heterocycles. The van der Waals surface area contributed by atoms with Crippen molar-refractivity contribution in [1.82, 2.24) is 9.88 Å². The van der Waals surface area contributed by atoms with E-state index >= 15 is 0 Å². The van der Waals surface area contributed by atoms with Gasteiger partial charge >= 0.3 is 5.76 Å². The van der Waals surface area contributed by atoms with E-state index in [4.69, 9.17) is 4.42 Å². The lowest BCUT2D eigenvalue weighted by Gasteiger charge is -2.09. The molecule has 0 saturated heterocycles. The smallest absolute Gasteiger partial charge is 0.408 e. The van der Waals surface area contributed by atoms with E-state index in [0.717, 1.165) is 11.1 Å². The van der Waals surface area contributed by atoms with Crippen LogP contribution >= 0.6 is 0 Å². The Hall–Kier alpha value is -1.55. The molecule has 0 aliphatic carbocycles. The Bertz CT molecular complexity index is 554. The summed E-state index contributed by atoms with van der Waals surface area (Å²) in [6.45, 7) is 4.63. The van der Waals surface area contributed by atoms with Crippen molar-refractivity contribution in [2.45, 2.75) is 26.4 Å². The molecule has 1 aromatic heterocycles. The number of nitrogens with one attached hydrogen (secondary N) is 1. The molecule has 1 N–H and O–H groups in total. The minimum atomic E-state index is -0.285. The van der Waals surface area contributed by atoms with Crippen LogP contribution in [0.25, 0.3) is 11.1 Å². The number of nitrogens with zero attached hydrogens (tertiary/aromatic N) is 1. The molecule has 0 radical (unpaired) electrons. The average molecular weight is 220 g/mol. The van der Waals surface area contributed by atoms with Gasteiger partial charge in [0.15, 0.2) is 5.58 Å². The van der Waals surface area contributed by atoms with Gasteiger partial charge in [-0.15, -0.1) is 0 Å². The van der Waals surface area contributed by atoms with Crippen LogP contribution in [-0.2, 0) is 6.54 Å². The van der Waals surface area contributed by atoms with Crippen molar-refractivity contribution < 1.29 is 4.42 Å². The molecule has 0 bridgehead atoms. The maximum Gasteiger partial charge on any atom is 0.419 e. The standard InChI is InChI=1S/C12H16N2O2/c1-4-14-10-6-5-9(8(2)13-3)7-11(10)16-12(14)15/h5-8,13H,4H2,1-3H3. The molecule has 0 aliphatic heterocycles. The summed E-state index contributed by atoms with van der Waals surface area (Å²) in [6.07, 6.45) is 0. The Labute approximate surface area is 93.9 Å². The first-order chi connectivity index (χ1) is 7.67. The number of benzene rings is 1. The van der Waals surface area contributed by atoms with Crippen molar-refractivity contribution in [3.05, 3.63) is 34.3 Å². The molecule has 2 aromatic rings. The third-order valence-corrected chi connectivity index (χ3v) is 2.94. The van der Waals surface area contributed by atoms with Crippen LogP contribution in [0.15, 0.2) is 27.4 Å². The maximum absolute atomic E-state index is 11.5. The highest BCUT2D eigenvalue weighted by Gasteiger charge is 2.10. The second kappa shape index (κ2) is 4.14. The van der Waals surface area contributed by atoms with Crippen molar-refractivity contribution in [2.75, 3.05) is 7.05 Å². The van der Waals surface area contributed by atoms with Gasteiger partial charge in [-0.1, -0.05) is 6.07 Å². The quantitative estimate of drug-likeness (QED) is 0.859. The van der Waals surface area contributed by atoms with Gasteiger partial charge in [-0.2, -0.15) is 0 Å². The first-order valence-electron chi connectivity index (χ1n) is 5.48. The molecule has 4 nitrogen and oxygen atoms in total. The molecule has 1 atom stereocenters. The van der Waals surface area contributed by atoms with Crippen LogP contribution in [0, 0.1) is 0 Å². The van der Waals surface area contributed by atoms with Crippen LogP contribution in [0.3, 0.4) is 0 Å². The van der Waals surface area contributed by atoms with Gasteiger partial charge in [0.2, 0.25) is 0 Å². The van der Waals surface area contributed by atoms with E-state index in [1.54, 1.807) is 4.57 Å². The molecular weight excluding hydrogens is 204 g/mol. The van der Waals surface area contributed by atoms with Crippen molar-refractivity contribution in [3.8, 4) is 0 Å². The molecule has 0 saturated carbocycles. The summed E-state index contributed by atoms with van der Waals surface area (Å²) in [5.74, 6) is -0.285. The first kappa shape index (κ1) is 11.0. The lowest BCUT2D eigenvalue weighted by atomic mass is 10.1. The summed E-state index contributed by atoms with van der Waals surface area (Å²) in [5.41, 5.74) is 2.64. The fraction of sp³-hybridized carbons (Fsp3) is 0.417. The van der Waals surface area contributed by atoms with Gasteiger partial charge < -0.3 is 9.73 Å². The first-order valence-corrected chi connectivity index (χ1v) is 5.48. The van der Waals surface area contributed by atoms with Gasteiger partial charge in [0.1, 0.15) is 0 Å². The number of hydrogen-bond donors (Lipinski definition) is 1. The van der Waals surface area contributed by atoms with Gasteiger partial charge in [0.05, 0.1) is 5.52 Å². The fourth-order valence-corrected chi connectivity index (χ4v) is 1.82. The van der Waals surface area contributed by atoms with Crippen molar-refractivity contribution in [1.29, 1.82) is 0 Å². The molecule has 2 rings (SSSR count). The SMILES string of the molecule is CCn1c(=O)oc2cc(C(C)NC)ccc21. The van der Waals surface area contributed by atoms with Crippen LogP contribution in [-0.4, -0.2) is 11.6 Å². The summed E-state index contributed by atoms with van der Waals surface area (Å²) >= 11 is 0. The predicted octanol–water partition coefficient (Wildman–Crippen LogP) is 1.89. The Balaban J connectivity index is 2.60. The summed E-state index contributed by atoms with van der Waals surface area (Å²) in [7, 11) is 1.91. The fourth-order valence-electron chi connectivity index (χ4n) is 1.82. The van der Waals surface area contributed by atoms with Gasteiger partial charge in [-0.3, -0.25) is 4.57 Å². The lowest BCUT2D eigenvalue weighted by molar-refractivity contribution is 0.512. The van der Waals surface area contributed by atoms with Gasteiger partial charge in [-0.25, -0.2) is 4.79 Å². The third kappa shape index (κ3) is 1.65. The van der Waals surface area contributed by atoms with E-state index in [1.165, 1.54) is 0 Å². The largest absolute Gasteiger partial charge is 0.419 e. The Kier molecular flexibility index (Phi) is 2.83. The molecule has 1 unspecified atom stereocenters. The molecule has 0 fully saturated rings. The van der Waals surface area contributed by atoms with E-state index in [2.05, 4.69) is 12.2 Å². The van der Waals surface area contributed by atoms with Crippen LogP contribution in [0.5, 0.6) is 0 Å². The maximum atomic E-state index is 11.5. The molecule has 4 heteroatoms. The van der Waals surface area contributed by atoms with E-state index in [1.807, 2.05) is 32.2 Å². The Morgan fingerprint density at radius 2 is 2.25 bits per heavy atom. The second-order valence-electron chi connectivity index (χ2n) is 3.85. The number of oxazole rings is 1. The molecule has 0 spiro atoms. The number of aryl methyl sites for hydroxylation is 1. The number of hydrogen-bond acceptors (Lipinski definition) is 3. The van der Waals surface area contributed by atoms with Crippen LogP contribution in [0.2, 0.25) is 0 Å². The molecule has 16 heavy (non-hydrogen) atoms. The zero-order valence-corrected chi connectivity index (χ0v) is 9.78. The van der Waals surface area contributed by atoms with Crippen molar-refractivity contribution in [2.24, 2.45) is 0 Å². The Morgan fingerprint density at radius 1 is 1.50 bits per heavy atom. The van der Waals surface area contributed by atoms with Crippen molar-refractivity contribution >= 4 is 11.1 Å². The van der Waals surface area contributed by atoms with E-state index in [0.29, 0.717) is 12.1 Å². The minimum Gasteiger partial charge on any atom is -0.408 e. The van der Waals surface area contributed by atoms with Crippen LogP contribution < -0.4 is 11.1 Å². The summed E-state index contributed by atoms with van der Waals surface area (Å²) < 4.78 is 6.83. The topological polar surface area (TPSA) is 47.2 Å². The van der Waals surface area contributed by atoms with E-state index in [9.17, 15) is 4.79 Å². The zero-order valence-electron chi connectivity index (χ0n) is 9.78. The zero-order chi connectivity index (χ0) is 11.7. The third-order valence-electron chi connectivity index (χ3n) is 2.94. The highest BCUT2D eigenvalue weighted by atomic mass is 16.4. The van der Waals surface area contributed by atoms with Gasteiger partial charge in [-0.05, 0) is 38.6 Å². The summed E-state index contributed by atoms with van der Waals surface area (Å²) in [6, 6.07) is 6.13. The Morgan fingerprint density at radius 3 is 2.88 bits per heavy atom. The number of fused-ring (bicyclic) bond motifs is 1. The average Bonchev–Trinajstić information content (AvgIpc) is 2.62.